The van der Waals surface area contributed by atoms with Gasteiger partial charge in [-0.3, -0.25) is 24.2 Å². The predicted octanol–water partition coefficient (Wildman–Crippen LogP) is 3.39. The first-order valence-electron chi connectivity index (χ1n) is 13.6. The van der Waals surface area contributed by atoms with Crippen LogP contribution in [0.1, 0.15) is 65.6 Å². The van der Waals surface area contributed by atoms with Crippen molar-refractivity contribution in [2.75, 3.05) is 16.3 Å². The lowest BCUT2D eigenvalue weighted by Crippen LogP contribution is -2.54. The smallest absolute Gasteiger partial charge is 0.240 e. The minimum atomic E-state index is -1.13. The van der Waals surface area contributed by atoms with E-state index in [2.05, 4.69) is 10.3 Å². The maximum absolute atomic E-state index is 14.0. The van der Waals surface area contributed by atoms with Gasteiger partial charge in [-0.2, -0.15) is 0 Å². The van der Waals surface area contributed by atoms with E-state index in [-0.39, 0.29) is 36.5 Å². The van der Waals surface area contributed by atoms with Crippen molar-refractivity contribution in [3.63, 3.8) is 0 Å². The van der Waals surface area contributed by atoms with Crippen molar-refractivity contribution in [1.29, 1.82) is 0 Å². The number of anilines is 2. The average Bonchev–Trinajstić information content (AvgIpc) is 2.86. The van der Waals surface area contributed by atoms with E-state index in [9.17, 15) is 19.2 Å². The third-order valence-corrected chi connectivity index (χ3v) is 6.92. The molecule has 1 unspecified atom stereocenters. The molecule has 2 atom stereocenters. The molecule has 210 valence electrons. The van der Waals surface area contributed by atoms with E-state index in [1.54, 1.807) is 29.8 Å². The lowest BCUT2D eigenvalue weighted by atomic mass is 9.84. The van der Waals surface area contributed by atoms with Crippen LogP contribution >= 0.6 is 0 Å². The highest BCUT2D eigenvalue weighted by atomic mass is 16.2. The Morgan fingerprint density at radius 2 is 1.90 bits per heavy atom. The van der Waals surface area contributed by atoms with E-state index in [0.717, 1.165) is 5.56 Å². The number of nitrogens with zero attached hydrogens (tertiary/aromatic N) is 3. The van der Waals surface area contributed by atoms with E-state index in [1.165, 1.54) is 6.92 Å². The van der Waals surface area contributed by atoms with Crippen LogP contribution in [0.25, 0.3) is 0 Å². The molecule has 39 heavy (non-hydrogen) atoms. The van der Waals surface area contributed by atoms with Crippen molar-refractivity contribution in [1.82, 2.24) is 10.3 Å². The number of benzene rings is 1. The zero-order chi connectivity index (χ0) is 28.9. The van der Waals surface area contributed by atoms with Crippen molar-refractivity contribution < 1.29 is 19.2 Å². The number of nitrogens with one attached hydrogen (secondary N) is 1. The third kappa shape index (κ3) is 7.29. The summed E-state index contributed by atoms with van der Waals surface area (Å²) in [5.41, 5.74) is 7.74. The van der Waals surface area contributed by atoms with Gasteiger partial charge in [0.25, 0.3) is 0 Å². The average molecular weight is 536 g/mol. The minimum absolute atomic E-state index is 0.0198. The van der Waals surface area contributed by atoms with Crippen molar-refractivity contribution in [2.45, 2.75) is 78.9 Å². The molecule has 0 bridgehead atoms. The van der Waals surface area contributed by atoms with Gasteiger partial charge in [-0.1, -0.05) is 32.0 Å². The van der Waals surface area contributed by atoms with Crippen LogP contribution in [0.3, 0.4) is 0 Å². The standard InChI is InChI=1S/C30H41N5O4/c1-7-34(20(4)36)25-13-10-11-21-16-22(28(38)35(27(21)25)18-23-12-8-9-14-32-23)17-26(37)24(15-19(2)3)33-29(39)30(5,6)31/h8-14,19,22,24H,7,15-18,31H2,1-6H3,(H,33,39)/t22?,24-/m1/s1. The summed E-state index contributed by atoms with van der Waals surface area (Å²) in [4.78, 5) is 60.4. The highest BCUT2D eigenvalue weighted by Crippen LogP contribution is 2.40. The number of amides is 3. The van der Waals surface area contributed by atoms with E-state index < -0.39 is 23.4 Å². The molecule has 0 radical (unpaired) electrons. The second kappa shape index (κ2) is 12.5. The van der Waals surface area contributed by atoms with E-state index in [0.29, 0.717) is 36.5 Å². The molecule has 0 saturated heterocycles. The Labute approximate surface area is 231 Å². The maximum atomic E-state index is 14.0. The predicted molar refractivity (Wildman–Crippen MR) is 152 cm³/mol. The lowest BCUT2D eigenvalue weighted by molar-refractivity contribution is -0.132. The second-order valence-electron chi connectivity index (χ2n) is 11.2. The van der Waals surface area contributed by atoms with Crippen LogP contribution in [0.4, 0.5) is 11.4 Å². The molecule has 3 rings (SSSR count). The summed E-state index contributed by atoms with van der Waals surface area (Å²) in [6.45, 7) is 11.2. The quantitative estimate of drug-likeness (QED) is 0.454. The number of carbonyl (C=O) groups excluding carboxylic acids is 4. The molecule has 2 heterocycles. The summed E-state index contributed by atoms with van der Waals surface area (Å²) in [7, 11) is 0. The first-order valence-corrected chi connectivity index (χ1v) is 13.6. The van der Waals surface area contributed by atoms with Gasteiger partial charge in [-0.15, -0.1) is 0 Å². The summed E-state index contributed by atoms with van der Waals surface area (Å²) >= 11 is 0. The number of rotatable bonds is 11. The fourth-order valence-electron chi connectivity index (χ4n) is 4.96. The highest BCUT2D eigenvalue weighted by Gasteiger charge is 2.38. The van der Waals surface area contributed by atoms with Gasteiger partial charge in [-0.25, -0.2) is 0 Å². The molecule has 1 aliphatic rings. The van der Waals surface area contributed by atoms with Crippen LogP contribution in [0.5, 0.6) is 0 Å². The molecule has 0 spiro atoms. The van der Waals surface area contributed by atoms with Crippen molar-refractivity contribution >= 4 is 34.9 Å². The number of hydrogen-bond donors (Lipinski definition) is 2. The molecule has 9 nitrogen and oxygen atoms in total. The van der Waals surface area contributed by atoms with Gasteiger partial charge in [-0.05, 0) is 63.3 Å². The van der Waals surface area contributed by atoms with Crippen LogP contribution in [0, 0.1) is 11.8 Å². The zero-order valence-corrected chi connectivity index (χ0v) is 23.9. The molecule has 3 N–H and O–H groups in total. The molecule has 9 heteroatoms. The fourth-order valence-corrected chi connectivity index (χ4v) is 4.96. The number of Topliss-reactive ketones (excluding diaryl/α,β-unsaturated/α-hetero) is 1. The Morgan fingerprint density at radius 3 is 2.46 bits per heavy atom. The topological polar surface area (TPSA) is 126 Å². The van der Waals surface area contributed by atoms with Crippen LogP contribution in [0.2, 0.25) is 0 Å². The third-order valence-electron chi connectivity index (χ3n) is 6.92. The van der Waals surface area contributed by atoms with Gasteiger partial charge in [0.15, 0.2) is 5.78 Å². The first-order chi connectivity index (χ1) is 18.3. The summed E-state index contributed by atoms with van der Waals surface area (Å²) in [5.74, 6) is -1.40. The Kier molecular flexibility index (Phi) is 9.61. The van der Waals surface area contributed by atoms with Gasteiger partial charge in [0.1, 0.15) is 0 Å². The Morgan fingerprint density at radius 1 is 1.18 bits per heavy atom. The lowest BCUT2D eigenvalue weighted by Gasteiger charge is -2.37. The molecule has 1 aromatic carbocycles. The normalized spacial score (nSPS) is 16.1. The molecule has 1 aromatic heterocycles. The monoisotopic (exact) mass is 535 g/mol. The number of fused-ring (bicyclic) bond motifs is 1. The van der Waals surface area contributed by atoms with Crippen LogP contribution in [-0.2, 0) is 32.1 Å². The van der Waals surface area contributed by atoms with Gasteiger partial charge in [0.05, 0.1) is 35.2 Å². The summed E-state index contributed by atoms with van der Waals surface area (Å²) < 4.78 is 0. The second-order valence-corrected chi connectivity index (χ2v) is 11.2. The summed E-state index contributed by atoms with van der Waals surface area (Å²) in [6.07, 6.45) is 2.45. The van der Waals surface area contributed by atoms with Crippen molar-refractivity contribution in [3.8, 4) is 0 Å². The van der Waals surface area contributed by atoms with Crippen LogP contribution < -0.4 is 20.9 Å². The van der Waals surface area contributed by atoms with Gasteiger partial charge < -0.3 is 20.9 Å². The SMILES string of the molecule is CCN(C(C)=O)c1cccc2c1N(Cc1ccccn1)C(=O)C(CC(=O)[C@@H](CC(C)C)NC(=O)C(C)(C)N)C2. The fraction of sp³-hybridized carbons (Fsp3) is 0.500. The maximum Gasteiger partial charge on any atom is 0.240 e. The summed E-state index contributed by atoms with van der Waals surface area (Å²) in [6, 6.07) is 10.4. The Hall–Kier alpha value is -3.59. The number of aromatic nitrogens is 1. The molecular formula is C30H41N5O4. The number of para-hydroxylation sites is 1. The first kappa shape index (κ1) is 30.0. The number of pyridine rings is 1. The minimum Gasteiger partial charge on any atom is -0.345 e. The van der Waals surface area contributed by atoms with Crippen molar-refractivity contribution in [3.05, 3.63) is 53.9 Å². The number of hydrogen-bond acceptors (Lipinski definition) is 6. The summed E-state index contributed by atoms with van der Waals surface area (Å²) in [5, 5.41) is 2.81. The van der Waals surface area contributed by atoms with Gasteiger partial charge in [0, 0.05) is 32.0 Å². The molecule has 2 aromatic rings. The number of ketones is 1. The highest BCUT2D eigenvalue weighted by molar-refractivity contribution is 6.06. The van der Waals surface area contributed by atoms with E-state index in [4.69, 9.17) is 5.73 Å². The van der Waals surface area contributed by atoms with Gasteiger partial charge in [0.2, 0.25) is 17.7 Å². The zero-order valence-electron chi connectivity index (χ0n) is 23.9. The number of nitrogens with two attached hydrogens (primary N) is 1. The van der Waals surface area contributed by atoms with Crippen LogP contribution in [-0.4, -0.2) is 46.6 Å². The van der Waals surface area contributed by atoms with E-state index >= 15 is 0 Å². The Balaban J connectivity index is 1.99. The molecule has 0 fully saturated rings. The van der Waals surface area contributed by atoms with Gasteiger partial charge >= 0.3 is 0 Å². The molecule has 0 aliphatic carbocycles. The number of carbonyl (C=O) groups is 4. The largest absolute Gasteiger partial charge is 0.345 e. The molecule has 0 saturated carbocycles. The Bertz CT molecular complexity index is 1210. The van der Waals surface area contributed by atoms with E-state index in [1.807, 2.05) is 57.2 Å². The molecule has 3 amide bonds. The molecule has 1 aliphatic heterocycles. The molecular weight excluding hydrogens is 494 g/mol. The van der Waals surface area contributed by atoms with Crippen LogP contribution in [0.15, 0.2) is 42.6 Å². The van der Waals surface area contributed by atoms with Crippen molar-refractivity contribution in [2.24, 2.45) is 17.6 Å².